The first-order valence-electron chi connectivity index (χ1n) is 4.22. The van der Waals surface area contributed by atoms with E-state index in [1.165, 1.54) is 7.05 Å². The van der Waals surface area contributed by atoms with Crippen LogP contribution in [0.3, 0.4) is 0 Å². The van der Waals surface area contributed by atoms with Crippen LogP contribution in [-0.2, 0) is 14.8 Å². The van der Waals surface area contributed by atoms with Crippen LogP contribution >= 0.6 is 0 Å². The van der Waals surface area contributed by atoms with Crippen molar-refractivity contribution in [2.24, 2.45) is 0 Å². The maximum atomic E-state index is 11.4. The third-order valence-electron chi connectivity index (χ3n) is 2.26. The molecule has 0 aromatic heterocycles. The van der Waals surface area contributed by atoms with Crippen molar-refractivity contribution in [3.05, 3.63) is 0 Å². The molecule has 6 heteroatoms. The molecule has 1 amide bonds. The number of nitrogens with zero attached hydrogens (tertiary/aromatic N) is 1. The first-order valence-corrected chi connectivity index (χ1v) is 5.83. The van der Waals surface area contributed by atoms with Gasteiger partial charge in [-0.25, -0.2) is 8.42 Å². The van der Waals surface area contributed by atoms with Crippen molar-refractivity contribution in [3.63, 3.8) is 0 Å². The van der Waals surface area contributed by atoms with Gasteiger partial charge < -0.3 is 5.32 Å². The minimum atomic E-state index is -3.24. The van der Waals surface area contributed by atoms with E-state index in [2.05, 4.69) is 5.32 Å². The Hall–Kier alpha value is -0.620. The van der Waals surface area contributed by atoms with Crippen molar-refractivity contribution in [2.75, 3.05) is 19.3 Å². The number of amides is 1. The molecule has 1 unspecified atom stereocenters. The zero-order chi connectivity index (χ0) is 10.1. The smallest absolute Gasteiger partial charge is 0.238 e. The number of sulfonamides is 1. The molecule has 1 atom stereocenters. The second-order valence-corrected chi connectivity index (χ2v) is 5.33. The molecule has 13 heavy (non-hydrogen) atoms. The Morgan fingerprint density at radius 3 is 2.62 bits per heavy atom. The van der Waals surface area contributed by atoms with E-state index in [9.17, 15) is 13.2 Å². The molecule has 1 aliphatic heterocycles. The fourth-order valence-electron chi connectivity index (χ4n) is 1.33. The Labute approximate surface area is 78.2 Å². The quantitative estimate of drug-likeness (QED) is 0.654. The van der Waals surface area contributed by atoms with Crippen LogP contribution in [-0.4, -0.2) is 44.0 Å². The van der Waals surface area contributed by atoms with Crippen LogP contribution in [0.5, 0.6) is 0 Å². The molecular weight excluding hydrogens is 192 g/mol. The third kappa shape index (κ3) is 2.00. The molecule has 0 aliphatic carbocycles. The average molecular weight is 206 g/mol. The second-order valence-electron chi connectivity index (χ2n) is 3.01. The SMILES string of the molecule is CCS(=O)(=O)N(C)C1CCNC1=O. The maximum absolute atomic E-state index is 11.4. The molecule has 0 aromatic carbocycles. The molecule has 1 rings (SSSR count). The number of hydrogen-bond acceptors (Lipinski definition) is 3. The predicted octanol–water partition coefficient (Wildman–Crippen LogP) is -0.844. The summed E-state index contributed by atoms with van der Waals surface area (Å²) in [5, 5.41) is 2.60. The van der Waals surface area contributed by atoms with Crippen LogP contribution in [0.25, 0.3) is 0 Å². The van der Waals surface area contributed by atoms with Crippen molar-refractivity contribution in [3.8, 4) is 0 Å². The lowest BCUT2D eigenvalue weighted by Crippen LogP contribution is -2.42. The standard InChI is InChI=1S/C7H14N2O3S/c1-3-13(11,12)9(2)6-4-5-8-7(6)10/h6H,3-5H2,1-2H3,(H,8,10). The van der Waals surface area contributed by atoms with Crippen LogP contribution in [0.1, 0.15) is 13.3 Å². The molecule has 1 aliphatic rings. The van der Waals surface area contributed by atoms with Gasteiger partial charge in [-0.2, -0.15) is 4.31 Å². The molecule has 0 bridgehead atoms. The van der Waals surface area contributed by atoms with Crippen LogP contribution in [0.2, 0.25) is 0 Å². The highest BCUT2D eigenvalue weighted by Gasteiger charge is 2.33. The highest BCUT2D eigenvalue weighted by Crippen LogP contribution is 2.12. The molecule has 5 nitrogen and oxygen atoms in total. The van der Waals surface area contributed by atoms with Gasteiger partial charge in [0.1, 0.15) is 6.04 Å². The van der Waals surface area contributed by atoms with Gasteiger partial charge in [0.05, 0.1) is 5.75 Å². The molecule has 0 radical (unpaired) electrons. The highest BCUT2D eigenvalue weighted by molar-refractivity contribution is 7.89. The van der Waals surface area contributed by atoms with E-state index >= 15 is 0 Å². The van der Waals surface area contributed by atoms with Crippen LogP contribution < -0.4 is 5.32 Å². The highest BCUT2D eigenvalue weighted by atomic mass is 32.2. The van der Waals surface area contributed by atoms with E-state index < -0.39 is 16.1 Å². The second kappa shape index (κ2) is 3.63. The molecule has 1 N–H and O–H groups in total. The van der Waals surface area contributed by atoms with Gasteiger partial charge >= 0.3 is 0 Å². The fraction of sp³-hybridized carbons (Fsp3) is 0.857. The number of likely N-dealkylation sites (N-methyl/N-ethyl adjacent to an activating group) is 1. The summed E-state index contributed by atoms with van der Waals surface area (Å²) in [4.78, 5) is 11.2. The summed E-state index contributed by atoms with van der Waals surface area (Å²) in [6.07, 6.45) is 0.564. The number of carbonyl (C=O) groups excluding carboxylic acids is 1. The number of rotatable bonds is 3. The normalized spacial score (nSPS) is 23.6. The fourth-order valence-corrected chi connectivity index (χ4v) is 2.32. The minimum absolute atomic E-state index is 0.0350. The Bertz CT molecular complexity index is 299. The summed E-state index contributed by atoms with van der Waals surface area (Å²) in [5.41, 5.74) is 0. The maximum Gasteiger partial charge on any atom is 0.238 e. The lowest BCUT2D eigenvalue weighted by molar-refractivity contribution is -0.122. The molecular formula is C7H14N2O3S. The van der Waals surface area contributed by atoms with Gasteiger partial charge in [-0.3, -0.25) is 4.79 Å². The van der Waals surface area contributed by atoms with Gasteiger partial charge in [0, 0.05) is 13.6 Å². The van der Waals surface area contributed by atoms with Crippen LogP contribution in [0.15, 0.2) is 0 Å². The third-order valence-corrected chi connectivity index (χ3v) is 4.12. The Kier molecular flexibility index (Phi) is 2.92. The summed E-state index contributed by atoms with van der Waals surface area (Å²) < 4.78 is 23.9. The number of carbonyl (C=O) groups is 1. The molecule has 0 saturated carbocycles. The van der Waals surface area contributed by atoms with Crippen molar-refractivity contribution >= 4 is 15.9 Å². The van der Waals surface area contributed by atoms with E-state index in [1.807, 2.05) is 0 Å². The van der Waals surface area contributed by atoms with Crippen molar-refractivity contribution < 1.29 is 13.2 Å². The number of hydrogen-bond donors (Lipinski definition) is 1. The first kappa shape index (κ1) is 10.5. The predicted molar refractivity (Wildman–Crippen MR) is 48.6 cm³/mol. The van der Waals surface area contributed by atoms with Crippen LogP contribution in [0.4, 0.5) is 0 Å². The van der Waals surface area contributed by atoms with E-state index in [0.29, 0.717) is 13.0 Å². The summed E-state index contributed by atoms with van der Waals surface area (Å²) in [5.74, 6) is -0.160. The first-order chi connectivity index (χ1) is 5.99. The van der Waals surface area contributed by atoms with Crippen molar-refractivity contribution in [2.45, 2.75) is 19.4 Å². The Morgan fingerprint density at radius 2 is 2.23 bits per heavy atom. The summed E-state index contributed by atoms with van der Waals surface area (Å²) >= 11 is 0. The van der Waals surface area contributed by atoms with E-state index in [-0.39, 0.29) is 11.7 Å². The lowest BCUT2D eigenvalue weighted by atomic mass is 10.3. The summed E-state index contributed by atoms with van der Waals surface area (Å²) in [6, 6.07) is -0.509. The Balaban J connectivity index is 2.78. The lowest BCUT2D eigenvalue weighted by Gasteiger charge is -2.20. The zero-order valence-corrected chi connectivity index (χ0v) is 8.60. The molecule has 1 fully saturated rings. The van der Waals surface area contributed by atoms with Crippen molar-refractivity contribution in [1.82, 2.24) is 9.62 Å². The monoisotopic (exact) mass is 206 g/mol. The minimum Gasteiger partial charge on any atom is -0.355 e. The Morgan fingerprint density at radius 1 is 1.62 bits per heavy atom. The van der Waals surface area contributed by atoms with E-state index in [4.69, 9.17) is 0 Å². The summed E-state index contributed by atoms with van der Waals surface area (Å²) in [7, 11) is -1.79. The van der Waals surface area contributed by atoms with Gasteiger partial charge in [-0.05, 0) is 13.3 Å². The van der Waals surface area contributed by atoms with Gasteiger partial charge in [-0.15, -0.1) is 0 Å². The van der Waals surface area contributed by atoms with E-state index in [1.54, 1.807) is 6.92 Å². The molecule has 0 aromatic rings. The molecule has 76 valence electrons. The van der Waals surface area contributed by atoms with Gasteiger partial charge in [0.25, 0.3) is 0 Å². The van der Waals surface area contributed by atoms with Crippen molar-refractivity contribution in [1.29, 1.82) is 0 Å². The molecule has 1 saturated heterocycles. The molecule has 1 heterocycles. The topological polar surface area (TPSA) is 66.5 Å². The van der Waals surface area contributed by atoms with Gasteiger partial charge in [0.2, 0.25) is 15.9 Å². The van der Waals surface area contributed by atoms with Gasteiger partial charge in [-0.1, -0.05) is 0 Å². The summed E-state index contributed by atoms with van der Waals surface area (Å²) in [6.45, 7) is 2.13. The van der Waals surface area contributed by atoms with E-state index in [0.717, 1.165) is 4.31 Å². The van der Waals surface area contributed by atoms with Crippen LogP contribution in [0, 0.1) is 0 Å². The zero-order valence-electron chi connectivity index (χ0n) is 7.78. The van der Waals surface area contributed by atoms with Gasteiger partial charge in [0.15, 0.2) is 0 Å². The number of nitrogens with one attached hydrogen (secondary N) is 1. The molecule has 0 spiro atoms. The average Bonchev–Trinajstić information content (AvgIpc) is 2.50. The largest absolute Gasteiger partial charge is 0.355 e.